The highest BCUT2D eigenvalue weighted by atomic mass is 31.2. The van der Waals surface area contributed by atoms with Crippen molar-refractivity contribution in [1.82, 2.24) is 0 Å². The van der Waals surface area contributed by atoms with Gasteiger partial charge < -0.3 is 20.1 Å². The highest BCUT2D eigenvalue weighted by Gasteiger charge is 2.25. The molecular formula is C45H78NO8P. The highest BCUT2D eigenvalue weighted by Crippen LogP contribution is 2.43. The van der Waals surface area contributed by atoms with Gasteiger partial charge >= 0.3 is 19.8 Å². The quantitative estimate of drug-likeness (QED) is 0.0270. The number of phosphoric ester groups is 1. The minimum atomic E-state index is -4.39. The summed E-state index contributed by atoms with van der Waals surface area (Å²) in [5.74, 6) is -0.897. The molecule has 0 amide bonds. The van der Waals surface area contributed by atoms with Gasteiger partial charge in [-0.2, -0.15) is 0 Å². The first-order valence-corrected chi connectivity index (χ1v) is 22.9. The van der Waals surface area contributed by atoms with Crippen molar-refractivity contribution in [3.63, 3.8) is 0 Å². The first-order chi connectivity index (χ1) is 26.8. The Morgan fingerprint density at radius 2 is 1.00 bits per heavy atom. The zero-order valence-corrected chi connectivity index (χ0v) is 35.5. The number of unbranched alkanes of at least 4 members (excludes halogenated alkanes) is 14. The van der Waals surface area contributed by atoms with E-state index >= 15 is 0 Å². The summed E-state index contributed by atoms with van der Waals surface area (Å²) in [6.07, 6.45) is 49.3. The smallest absolute Gasteiger partial charge is 0.462 e. The number of allylic oxidation sites excluding steroid dienone is 12. The van der Waals surface area contributed by atoms with E-state index in [4.69, 9.17) is 24.3 Å². The normalized spacial score (nSPS) is 14.0. The summed E-state index contributed by atoms with van der Waals surface area (Å²) in [6.45, 7) is 3.54. The van der Waals surface area contributed by atoms with Gasteiger partial charge in [0.25, 0.3) is 0 Å². The van der Waals surface area contributed by atoms with Crippen LogP contribution in [-0.2, 0) is 32.7 Å². The average molecular weight is 792 g/mol. The summed E-state index contributed by atoms with van der Waals surface area (Å²) in [7, 11) is -4.39. The van der Waals surface area contributed by atoms with E-state index < -0.39 is 32.5 Å². The number of hydrogen-bond acceptors (Lipinski definition) is 8. The van der Waals surface area contributed by atoms with Crippen LogP contribution in [0.1, 0.15) is 168 Å². The molecule has 0 heterocycles. The van der Waals surface area contributed by atoms with E-state index in [1.54, 1.807) is 0 Å². The van der Waals surface area contributed by atoms with Gasteiger partial charge in [-0.05, 0) is 83.5 Å². The van der Waals surface area contributed by atoms with Crippen molar-refractivity contribution in [2.24, 2.45) is 5.73 Å². The van der Waals surface area contributed by atoms with Crippen molar-refractivity contribution in [1.29, 1.82) is 0 Å². The molecule has 0 aromatic carbocycles. The summed E-state index contributed by atoms with van der Waals surface area (Å²) in [6, 6.07) is 0. The lowest BCUT2D eigenvalue weighted by molar-refractivity contribution is -0.161. The van der Waals surface area contributed by atoms with Gasteiger partial charge in [0.1, 0.15) is 6.61 Å². The van der Waals surface area contributed by atoms with Crippen LogP contribution in [0.4, 0.5) is 0 Å². The third kappa shape index (κ3) is 40.9. The van der Waals surface area contributed by atoms with Crippen LogP contribution in [0.2, 0.25) is 0 Å². The number of nitrogens with two attached hydrogens (primary N) is 1. The van der Waals surface area contributed by atoms with Gasteiger partial charge in [-0.15, -0.1) is 0 Å². The lowest BCUT2D eigenvalue weighted by atomic mass is 10.1. The van der Waals surface area contributed by atoms with E-state index in [2.05, 4.69) is 86.8 Å². The second-order valence-electron chi connectivity index (χ2n) is 13.8. The van der Waals surface area contributed by atoms with Crippen molar-refractivity contribution < 1.29 is 37.6 Å². The first-order valence-electron chi connectivity index (χ1n) is 21.4. The number of esters is 2. The Labute approximate surface area is 335 Å². The third-order valence-electron chi connectivity index (χ3n) is 8.58. The van der Waals surface area contributed by atoms with Crippen molar-refractivity contribution in [2.75, 3.05) is 26.4 Å². The van der Waals surface area contributed by atoms with Gasteiger partial charge in [-0.1, -0.05) is 145 Å². The summed E-state index contributed by atoms with van der Waals surface area (Å²) in [4.78, 5) is 34.8. The fourth-order valence-electron chi connectivity index (χ4n) is 5.42. The molecule has 0 spiro atoms. The number of hydrogen-bond donors (Lipinski definition) is 2. The van der Waals surface area contributed by atoms with Crippen LogP contribution in [0.25, 0.3) is 0 Å². The third-order valence-corrected chi connectivity index (χ3v) is 9.56. The van der Waals surface area contributed by atoms with Gasteiger partial charge in [-0.25, -0.2) is 4.57 Å². The molecular weight excluding hydrogens is 713 g/mol. The standard InChI is InChI=1S/C45H78NO8P/c1-3-5-7-9-11-13-15-17-19-20-21-22-24-26-28-30-32-34-36-38-45(48)54-43(42-53-55(49,50)52-40-39-46)41-51-44(47)37-35-33-31-29-27-25-23-18-16-14-12-10-8-6-4-2/h5,7,11,13,17,19,21-22,26-29,43H,3-4,6,8-10,12,14-16,18,20,23-25,30-42,46H2,1-2H3,(H,49,50)/b7-5+,13-11+,19-17+,22-21+,28-26+,29-27+/t43-/m1/s1. The van der Waals surface area contributed by atoms with Crippen LogP contribution in [-0.4, -0.2) is 49.3 Å². The maximum Gasteiger partial charge on any atom is 0.472 e. The molecule has 0 aliphatic carbocycles. The van der Waals surface area contributed by atoms with Crippen molar-refractivity contribution in [3.8, 4) is 0 Å². The van der Waals surface area contributed by atoms with Crippen molar-refractivity contribution >= 4 is 19.8 Å². The molecule has 0 saturated carbocycles. The molecule has 10 heteroatoms. The molecule has 3 N–H and O–H groups in total. The summed E-state index contributed by atoms with van der Waals surface area (Å²) in [5, 5.41) is 0. The number of carbonyl (C=O) groups is 2. The molecule has 2 atom stereocenters. The van der Waals surface area contributed by atoms with E-state index in [-0.39, 0.29) is 32.6 Å². The average Bonchev–Trinajstić information content (AvgIpc) is 3.17. The van der Waals surface area contributed by atoms with Crippen LogP contribution in [0.5, 0.6) is 0 Å². The van der Waals surface area contributed by atoms with Crippen LogP contribution >= 0.6 is 7.82 Å². The molecule has 0 aromatic rings. The van der Waals surface area contributed by atoms with Gasteiger partial charge in [0, 0.05) is 19.4 Å². The van der Waals surface area contributed by atoms with Gasteiger partial charge in [0.15, 0.2) is 6.10 Å². The van der Waals surface area contributed by atoms with Crippen molar-refractivity contribution in [2.45, 2.75) is 174 Å². The van der Waals surface area contributed by atoms with E-state index in [0.717, 1.165) is 70.6 Å². The predicted octanol–water partition coefficient (Wildman–Crippen LogP) is 12.3. The highest BCUT2D eigenvalue weighted by molar-refractivity contribution is 7.47. The molecule has 0 aliphatic rings. The Bertz CT molecular complexity index is 1130. The van der Waals surface area contributed by atoms with Crippen LogP contribution in [0, 0.1) is 0 Å². The molecule has 0 aliphatic heterocycles. The fraction of sp³-hybridized carbons (Fsp3) is 0.689. The second kappa shape index (κ2) is 41.1. The van der Waals surface area contributed by atoms with Crippen LogP contribution < -0.4 is 5.73 Å². The first kappa shape index (κ1) is 52.5. The van der Waals surface area contributed by atoms with E-state index in [1.807, 2.05) is 0 Å². The molecule has 0 rings (SSSR count). The van der Waals surface area contributed by atoms with Gasteiger partial charge in [0.2, 0.25) is 0 Å². The lowest BCUT2D eigenvalue weighted by Gasteiger charge is -2.19. The minimum absolute atomic E-state index is 0.0418. The molecule has 0 bridgehead atoms. The molecule has 0 fully saturated rings. The number of carbonyl (C=O) groups excluding carboxylic acids is 2. The maximum absolute atomic E-state index is 12.6. The van der Waals surface area contributed by atoms with Gasteiger partial charge in [0.05, 0.1) is 13.2 Å². The number of phosphoric acid groups is 1. The van der Waals surface area contributed by atoms with Crippen molar-refractivity contribution in [3.05, 3.63) is 72.9 Å². The monoisotopic (exact) mass is 792 g/mol. The lowest BCUT2D eigenvalue weighted by Crippen LogP contribution is -2.29. The topological polar surface area (TPSA) is 134 Å². The predicted molar refractivity (Wildman–Crippen MR) is 229 cm³/mol. The zero-order chi connectivity index (χ0) is 40.3. The fourth-order valence-corrected chi connectivity index (χ4v) is 6.18. The molecule has 0 saturated heterocycles. The van der Waals surface area contributed by atoms with E-state index in [1.165, 1.54) is 57.8 Å². The SMILES string of the molecule is CC/C=C/C/C=C/C/C=C/C/C=C/C/C=C/CCCCCC(=O)O[C@H](COC(=O)CCCC/C=C/CCCCCCCCCCC)COP(=O)(O)OCCN. The molecule has 1 unspecified atom stereocenters. The zero-order valence-electron chi connectivity index (χ0n) is 34.6. The van der Waals surface area contributed by atoms with Gasteiger partial charge in [-0.3, -0.25) is 18.6 Å². The second-order valence-corrected chi connectivity index (χ2v) is 15.3. The Hall–Kier alpha value is -2.55. The van der Waals surface area contributed by atoms with Crippen LogP contribution in [0.15, 0.2) is 72.9 Å². The largest absolute Gasteiger partial charge is 0.472 e. The Morgan fingerprint density at radius 1 is 0.564 bits per heavy atom. The number of ether oxygens (including phenoxy) is 2. The molecule has 0 radical (unpaired) electrons. The Kier molecular flexibility index (Phi) is 39.2. The maximum atomic E-state index is 12.6. The van der Waals surface area contributed by atoms with E-state index in [0.29, 0.717) is 12.8 Å². The molecule has 0 aromatic heterocycles. The number of rotatable bonds is 39. The summed E-state index contributed by atoms with van der Waals surface area (Å²) >= 11 is 0. The molecule has 9 nitrogen and oxygen atoms in total. The van der Waals surface area contributed by atoms with E-state index in [9.17, 15) is 19.0 Å². The Balaban J connectivity index is 4.28. The Morgan fingerprint density at radius 3 is 1.55 bits per heavy atom. The summed E-state index contributed by atoms with van der Waals surface area (Å²) < 4.78 is 32.7. The van der Waals surface area contributed by atoms with Crippen LogP contribution in [0.3, 0.4) is 0 Å². The molecule has 316 valence electrons. The summed E-state index contributed by atoms with van der Waals surface area (Å²) in [5.41, 5.74) is 5.34. The molecule has 55 heavy (non-hydrogen) atoms. The minimum Gasteiger partial charge on any atom is -0.462 e.